The summed E-state index contributed by atoms with van der Waals surface area (Å²) in [6.07, 6.45) is 1.31. The van der Waals surface area contributed by atoms with Gasteiger partial charge in [-0.3, -0.25) is 13.9 Å². The molecule has 0 fully saturated rings. The number of rotatable bonds is 10. The van der Waals surface area contributed by atoms with E-state index in [4.69, 9.17) is 9.72 Å². The monoisotopic (exact) mass is 556 g/mol. The summed E-state index contributed by atoms with van der Waals surface area (Å²) in [4.78, 5) is 32.0. The van der Waals surface area contributed by atoms with Crippen LogP contribution < -0.4 is 11.2 Å². The highest BCUT2D eigenvalue weighted by atomic mass is 16.5. The molecule has 1 N–H and O–H groups in total. The molecule has 0 radical (unpaired) electrons. The topological polar surface area (TPSA) is 126 Å². The highest BCUT2D eigenvalue weighted by Crippen LogP contribution is 2.30. The first-order valence-electron chi connectivity index (χ1n) is 13.9. The largest absolute Gasteiger partial charge is 0.383 e. The predicted molar refractivity (Wildman–Crippen MR) is 158 cm³/mol. The van der Waals surface area contributed by atoms with Crippen LogP contribution in [0, 0.1) is 5.41 Å². The average molecular weight is 557 g/mol. The van der Waals surface area contributed by atoms with Crippen LogP contribution in [0.5, 0.6) is 0 Å². The molecule has 3 heterocycles. The van der Waals surface area contributed by atoms with Crippen LogP contribution in [0.1, 0.15) is 45.5 Å². The zero-order valence-corrected chi connectivity index (χ0v) is 24.2. The summed E-state index contributed by atoms with van der Waals surface area (Å²) < 4.78 is 10.2. The first-order chi connectivity index (χ1) is 19.7. The van der Waals surface area contributed by atoms with Crippen LogP contribution in [-0.4, -0.2) is 53.0 Å². The minimum atomic E-state index is -0.349. The Kier molecular flexibility index (Phi) is 7.98. The van der Waals surface area contributed by atoms with Crippen molar-refractivity contribution in [3.05, 3.63) is 80.8 Å². The van der Waals surface area contributed by atoms with Crippen LogP contribution in [0.3, 0.4) is 0 Å². The number of ether oxygens (including phenoxy) is 1. The molecule has 2 aromatic carbocycles. The van der Waals surface area contributed by atoms with Gasteiger partial charge in [0.1, 0.15) is 5.82 Å². The number of nitrogens with one attached hydrogen (secondary N) is 1. The number of benzene rings is 2. The van der Waals surface area contributed by atoms with Gasteiger partial charge in [-0.25, -0.2) is 14.9 Å². The van der Waals surface area contributed by atoms with E-state index < -0.39 is 0 Å². The molecule has 11 heteroatoms. The molecule has 0 amide bonds. The Morgan fingerprint density at radius 1 is 0.927 bits per heavy atom. The molecule has 214 valence electrons. The summed E-state index contributed by atoms with van der Waals surface area (Å²) in [6, 6.07) is 16.2. The molecule has 0 bridgehead atoms. The average Bonchev–Trinajstić information content (AvgIpc) is 3.60. The van der Waals surface area contributed by atoms with Crippen LogP contribution in [0.15, 0.2) is 58.1 Å². The number of aromatic amines is 1. The summed E-state index contributed by atoms with van der Waals surface area (Å²) in [5, 5.41) is 14.3. The minimum absolute atomic E-state index is 0.0810. The van der Waals surface area contributed by atoms with Crippen molar-refractivity contribution in [2.45, 2.75) is 60.2 Å². The molecule has 0 aliphatic heterocycles. The number of H-pyrrole nitrogens is 1. The fourth-order valence-electron chi connectivity index (χ4n) is 5.11. The Morgan fingerprint density at radius 3 is 2.29 bits per heavy atom. The van der Waals surface area contributed by atoms with Gasteiger partial charge in [0.25, 0.3) is 5.56 Å². The van der Waals surface area contributed by atoms with Gasteiger partial charge in [0.05, 0.1) is 13.2 Å². The maximum atomic E-state index is 13.8. The van der Waals surface area contributed by atoms with Gasteiger partial charge < -0.3 is 9.30 Å². The van der Waals surface area contributed by atoms with Crippen molar-refractivity contribution in [2.24, 2.45) is 5.41 Å². The van der Waals surface area contributed by atoms with E-state index in [2.05, 4.69) is 65.7 Å². The summed E-state index contributed by atoms with van der Waals surface area (Å²) in [7, 11) is 1.60. The molecule has 11 nitrogen and oxygen atoms in total. The Morgan fingerprint density at radius 2 is 1.66 bits per heavy atom. The molecule has 41 heavy (non-hydrogen) atoms. The second-order valence-electron chi connectivity index (χ2n) is 11.4. The molecular weight excluding hydrogens is 520 g/mol. The third kappa shape index (κ3) is 5.76. The normalized spacial score (nSPS) is 11.9. The Bertz CT molecular complexity index is 1760. The lowest BCUT2D eigenvalue weighted by molar-refractivity contribution is 0.186. The van der Waals surface area contributed by atoms with Gasteiger partial charge in [-0.2, -0.15) is 0 Å². The quantitative estimate of drug-likeness (QED) is 0.277. The number of nitrogens with zero attached hydrogens (tertiary/aromatic N) is 7. The van der Waals surface area contributed by atoms with E-state index in [1.165, 1.54) is 4.57 Å². The Labute approximate surface area is 237 Å². The van der Waals surface area contributed by atoms with Gasteiger partial charge in [-0.15, -0.1) is 5.10 Å². The zero-order chi connectivity index (χ0) is 29.1. The van der Waals surface area contributed by atoms with E-state index >= 15 is 0 Å². The molecule has 0 aliphatic carbocycles. The maximum absolute atomic E-state index is 13.8. The van der Waals surface area contributed by atoms with E-state index in [-0.39, 0.29) is 16.7 Å². The van der Waals surface area contributed by atoms with Crippen molar-refractivity contribution < 1.29 is 4.74 Å². The van der Waals surface area contributed by atoms with Crippen LogP contribution >= 0.6 is 0 Å². The number of imidazole rings is 1. The van der Waals surface area contributed by atoms with Gasteiger partial charge in [0.15, 0.2) is 17.0 Å². The molecule has 0 spiro atoms. The van der Waals surface area contributed by atoms with E-state index in [1.807, 2.05) is 35.8 Å². The Hall–Kier alpha value is -4.38. The third-order valence-corrected chi connectivity index (χ3v) is 6.98. The van der Waals surface area contributed by atoms with Crippen LogP contribution in [0.4, 0.5) is 0 Å². The highest BCUT2D eigenvalue weighted by Gasteiger charge is 2.24. The zero-order valence-electron chi connectivity index (χ0n) is 24.2. The van der Waals surface area contributed by atoms with Crippen molar-refractivity contribution in [3.63, 3.8) is 0 Å². The molecule has 0 saturated carbocycles. The van der Waals surface area contributed by atoms with Crippen molar-refractivity contribution >= 4 is 11.2 Å². The second-order valence-corrected chi connectivity index (χ2v) is 11.4. The van der Waals surface area contributed by atoms with Crippen molar-refractivity contribution in [3.8, 4) is 22.5 Å². The fourth-order valence-corrected chi connectivity index (χ4v) is 5.11. The predicted octanol–water partition coefficient (Wildman–Crippen LogP) is 3.90. The van der Waals surface area contributed by atoms with Crippen LogP contribution in [-0.2, 0) is 30.8 Å². The van der Waals surface area contributed by atoms with Crippen molar-refractivity contribution in [1.82, 2.24) is 39.3 Å². The maximum Gasteiger partial charge on any atom is 0.332 e. The number of methoxy groups -OCH3 is 1. The van der Waals surface area contributed by atoms with Crippen molar-refractivity contribution in [1.29, 1.82) is 0 Å². The SMILES string of the molecule is CCCn1c(=O)c2c(nc(CC(C)(C)C)n2Cc2ccc(-c3ccccc3-c3nnn[nH]3)cc2)n(CCOC)c1=O. The van der Waals surface area contributed by atoms with Gasteiger partial charge in [0, 0.05) is 32.2 Å². The highest BCUT2D eigenvalue weighted by molar-refractivity contribution is 5.80. The smallest absolute Gasteiger partial charge is 0.332 e. The van der Waals surface area contributed by atoms with Crippen molar-refractivity contribution in [2.75, 3.05) is 13.7 Å². The van der Waals surface area contributed by atoms with Crippen LogP contribution in [0.2, 0.25) is 0 Å². The van der Waals surface area contributed by atoms with E-state index in [0.717, 1.165) is 28.1 Å². The number of aromatic nitrogens is 8. The molecule has 0 saturated heterocycles. The first kappa shape index (κ1) is 28.2. The third-order valence-electron chi connectivity index (χ3n) is 6.98. The van der Waals surface area contributed by atoms with Gasteiger partial charge in [-0.1, -0.05) is 76.2 Å². The Balaban J connectivity index is 1.61. The summed E-state index contributed by atoms with van der Waals surface area (Å²) in [6.45, 7) is 9.82. The number of hydrogen-bond acceptors (Lipinski definition) is 7. The molecule has 0 atom stereocenters. The van der Waals surface area contributed by atoms with Gasteiger partial charge >= 0.3 is 5.69 Å². The summed E-state index contributed by atoms with van der Waals surface area (Å²) in [5.41, 5.74) is 4.06. The fraction of sp³-hybridized carbons (Fsp3) is 0.400. The second kappa shape index (κ2) is 11.6. The molecular formula is C30H36N8O3. The first-order valence-corrected chi connectivity index (χ1v) is 13.9. The van der Waals surface area contributed by atoms with E-state index in [0.29, 0.717) is 56.1 Å². The van der Waals surface area contributed by atoms with Gasteiger partial charge in [0.2, 0.25) is 0 Å². The summed E-state index contributed by atoms with van der Waals surface area (Å²) >= 11 is 0. The van der Waals surface area contributed by atoms with E-state index in [9.17, 15) is 9.59 Å². The standard InChI is InChI=1S/C30H36N8O3/c1-6-15-37-28(39)25-27(36(29(37)40)16-17-41-5)31-24(18-30(2,3)4)38(25)19-20-11-13-21(14-12-20)22-9-7-8-10-23(22)26-32-34-35-33-26/h7-14H,6,15-19H2,1-5H3,(H,32,33,34,35). The lowest BCUT2D eigenvalue weighted by atomic mass is 9.92. The minimum Gasteiger partial charge on any atom is -0.383 e. The van der Waals surface area contributed by atoms with Crippen LogP contribution in [0.25, 0.3) is 33.7 Å². The summed E-state index contributed by atoms with van der Waals surface area (Å²) in [5.74, 6) is 1.38. The number of hydrogen-bond donors (Lipinski definition) is 1. The molecule has 0 unspecified atom stereocenters. The molecule has 0 aliphatic rings. The number of tetrazole rings is 1. The molecule has 5 aromatic rings. The van der Waals surface area contributed by atoms with E-state index in [1.54, 1.807) is 11.7 Å². The van der Waals surface area contributed by atoms with Gasteiger partial charge in [-0.05, 0) is 39.0 Å². The molecule has 5 rings (SSSR count). The lowest BCUT2D eigenvalue weighted by Crippen LogP contribution is -2.41. The molecule has 3 aromatic heterocycles. The lowest BCUT2D eigenvalue weighted by Gasteiger charge is -2.19. The number of fused-ring (bicyclic) bond motifs is 1.